The van der Waals surface area contributed by atoms with Crippen LogP contribution in [-0.2, 0) is 4.79 Å². The van der Waals surface area contributed by atoms with Gasteiger partial charge in [-0.1, -0.05) is 23.7 Å². The number of rotatable bonds is 7. The third-order valence-electron chi connectivity index (χ3n) is 5.01. The van der Waals surface area contributed by atoms with Crippen molar-refractivity contribution < 1.29 is 23.7 Å². The summed E-state index contributed by atoms with van der Waals surface area (Å²) in [6, 6.07) is 10.7. The first-order chi connectivity index (χ1) is 14.5. The summed E-state index contributed by atoms with van der Waals surface area (Å²) in [6.07, 6.45) is 2.10. The highest BCUT2D eigenvalue weighted by atomic mass is 35.5. The number of carbonyl (C=O) groups excluding carboxylic acids is 1. The molecule has 1 aliphatic heterocycles. The van der Waals surface area contributed by atoms with Gasteiger partial charge in [-0.25, -0.2) is 0 Å². The SMILES string of the molecule is COc1cc(OC)c(C2=CCN(C(=O)C(C)Oc3cccc(Cl)c3)CC2)c(OC)c1. The first-order valence-corrected chi connectivity index (χ1v) is 10.0. The van der Waals surface area contributed by atoms with Crippen molar-refractivity contribution in [3.63, 3.8) is 0 Å². The molecule has 0 aliphatic carbocycles. The van der Waals surface area contributed by atoms with E-state index < -0.39 is 6.10 Å². The summed E-state index contributed by atoms with van der Waals surface area (Å²) in [6.45, 7) is 2.81. The molecule has 7 heteroatoms. The summed E-state index contributed by atoms with van der Waals surface area (Å²) in [4.78, 5) is 14.6. The van der Waals surface area contributed by atoms with E-state index in [1.54, 1.807) is 57.4 Å². The Morgan fingerprint density at radius 1 is 1.03 bits per heavy atom. The zero-order valence-corrected chi connectivity index (χ0v) is 18.4. The number of ether oxygens (including phenoxy) is 4. The van der Waals surface area contributed by atoms with Crippen LogP contribution >= 0.6 is 11.6 Å². The van der Waals surface area contributed by atoms with Crippen molar-refractivity contribution in [2.24, 2.45) is 0 Å². The molecule has 3 rings (SSSR count). The van der Waals surface area contributed by atoms with Crippen molar-refractivity contribution in [1.82, 2.24) is 4.90 Å². The van der Waals surface area contributed by atoms with Gasteiger partial charge in [0.1, 0.15) is 23.0 Å². The van der Waals surface area contributed by atoms with Crippen LogP contribution in [0.5, 0.6) is 23.0 Å². The van der Waals surface area contributed by atoms with Crippen LogP contribution < -0.4 is 18.9 Å². The van der Waals surface area contributed by atoms with Crippen LogP contribution in [0.15, 0.2) is 42.5 Å². The Balaban J connectivity index is 1.74. The third-order valence-corrected chi connectivity index (χ3v) is 5.25. The number of hydrogen-bond acceptors (Lipinski definition) is 5. The van der Waals surface area contributed by atoms with E-state index in [1.165, 1.54) is 0 Å². The maximum atomic E-state index is 12.8. The van der Waals surface area contributed by atoms with Gasteiger partial charge in [0, 0.05) is 30.2 Å². The van der Waals surface area contributed by atoms with Gasteiger partial charge in [0.05, 0.1) is 26.9 Å². The minimum absolute atomic E-state index is 0.0704. The van der Waals surface area contributed by atoms with E-state index >= 15 is 0 Å². The average Bonchev–Trinajstić information content (AvgIpc) is 2.77. The average molecular weight is 432 g/mol. The van der Waals surface area contributed by atoms with E-state index in [4.69, 9.17) is 30.5 Å². The zero-order valence-electron chi connectivity index (χ0n) is 17.6. The predicted octanol–water partition coefficient (Wildman–Crippen LogP) is 4.45. The number of amides is 1. The number of carbonyl (C=O) groups is 1. The summed E-state index contributed by atoms with van der Waals surface area (Å²) in [5.41, 5.74) is 1.95. The summed E-state index contributed by atoms with van der Waals surface area (Å²) in [5, 5.41) is 0.570. The topological polar surface area (TPSA) is 57.2 Å². The molecule has 30 heavy (non-hydrogen) atoms. The Morgan fingerprint density at radius 2 is 1.73 bits per heavy atom. The highest BCUT2D eigenvalue weighted by Crippen LogP contribution is 2.40. The van der Waals surface area contributed by atoms with Gasteiger partial charge in [0.15, 0.2) is 6.10 Å². The van der Waals surface area contributed by atoms with Gasteiger partial charge in [0.2, 0.25) is 0 Å². The second kappa shape index (κ2) is 9.76. The quantitative estimate of drug-likeness (QED) is 0.648. The molecule has 0 spiro atoms. The number of nitrogens with zero attached hydrogens (tertiary/aromatic N) is 1. The molecule has 1 heterocycles. The first-order valence-electron chi connectivity index (χ1n) is 9.67. The fourth-order valence-electron chi connectivity index (χ4n) is 3.47. The maximum absolute atomic E-state index is 12.8. The fraction of sp³-hybridized carbons (Fsp3) is 0.348. The Labute approximate surface area is 181 Å². The third kappa shape index (κ3) is 4.82. The predicted molar refractivity (Wildman–Crippen MR) is 117 cm³/mol. The number of halogens is 1. The standard InChI is InChI=1S/C23H26ClNO5/c1-15(30-18-7-5-6-17(24)12-18)23(26)25-10-8-16(9-11-25)22-20(28-3)13-19(27-2)14-21(22)29-4/h5-8,12-15H,9-11H2,1-4H3. The first kappa shape index (κ1) is 21.8. The summed E-state index contributed by atoms with van der Waals surface area (Å²) in [7, 11) is 4.83. The molecule has 0 saturated carbocycles. The molecule has 1 amide bonds. The van der Waals surface area contributed by atoms with Crippen molar-refractivity contribution >= 4 is 23.1 Å². The zero-order chi connectivity index (χ0) is 21.7. The molecular formula is C23H26ClNO5. The number of benzene rings is 2. The molecule has 0 aromatic heterocycles. The van der Waals surface area contributed by atoms with Crippen molar-refractivity contribution in [2.45, 2.75) is 19.4 Å². The van der Waals surface area contributed by atoms with E-state index in [2.05, 4.69) is 0 Å². The molecule has 0 saturated heterocycles. The van der Waals surface area contributed by atoms with Gasteiger partial charge in [0.25, 0.3) is 5.91 Å². The molecular weight excluding hydrogens is 406 g/mol. The lowest BCUT2D eigenvalue weighted by molar-refractivity contribution is -0.137. The molecule has 6 nitrogen and oxygen atoms in total. The highest BCUT2D eigenvalue weighted by molar-refractivity contribution is 6.30. The molecule has 1 aliphatic rings. The van der Waals surface area contributed by atoms with Crippen molar-refractivity contribution in [3.8, 4) is 23.0 Å². The minimum atomic E-state index is -0.608. The van der Waals surface area contributed by atoms with Gasteiger partial charge in [-0.2, -0.15) is 0 Å². The molecule has 0 fully saturated rings. The summed E-state index contributed by atoms with van der Waals surface area (Å²) in [5.74, 6) is 2.51. The summed E-state index contributed by atoms with van der Waals surface area (Å²) >= 11 is 5.99. The van der Waals surface area contributed by atoms with Crippen LogP contribution in [-0.4, -0.2) is 51.3 Å². The second-order valence-corrected chi connectivity index (χ2v) is 7.32. The molecule has 160 valence electrons. The maximum Gasteiger partial charge on any atom is 0.263 e. The normalized spacial score (nSPS) is 14.6. The largest absolute Gasteiger partial charge is 0.496 e. The Kier molecular flexibility index (Phi) is 7.11. The summed E-state index contributed by atoms with van der Waals surface area (Å²) < 4.78 is 22.2. The molecule has 0 radical (unpaired) electrons. The molecule has 2 aromatic carbocycles. The second-order valence-electron chi connectivity index (χ2n) is 6.89. The van der Waals surface area contributed by atoms with Gasteiger partial charge >= 0.3 is 0 Å². The van der Waals surface area contributed by atoms with Crippen LogP contribution in [0.2, 0.25) is 5.02 Å². The van der Waals surface area contributed by atoms with E-state index in [1.807, 2.05) is 18.2 Å². The van der Waals surface area contributed by atoms with E-state index in [9.17, 15) is 4.79 Å². The van der Waals surface area contributed by atoms with E-state index in [-0.39, 0.29) is 5.91 Å². The number of hydrogen-bond donors (Lipinski definition) is 0. The lowest BCUT2D eigenvalue weighted by Crippen LogP contribution is -2.42. The lowest BCUT2D eigenvalue weighted by atomic mass is 9.97. The van der Waals surface area contributed by atoms with E-state index in [0.717, 1.165) is 11.1 Å². The highest BCUT2D eigenvalue weighted by Gasteiger charge is 2.26. The smallest absolute Gasteiger partial charge is 0.263 e. The van der Waals surface area contributed by atoms with Gasteiger partial charge in [-0.3, -0.25) is 4.79 Å². The van der Waals surface area contributed by atoms with Crippen molar-refractivity contribution in [1.29, 1.82) is 0 Å². The molecule has 1 atom stereocenters. The van der Waals surface area contributed by atoms with Gasteiger partial charge in [-0.05, 0) is 37.1 Å². The van der Waals surface area contributed by atoms with Crippen LogP contribution in [0.4, 0.5) is 0 Å². The molecule has 0 N–H and O–H groups in total. The Hall–Kier alpha value is -2.86. The van der Waals surface area contributed by atoms with Crippen LogP contribution in [0.3, 0.4) is 0 Å². The van der Waals surface area contributed by atoms with Gasteiger partial charge < -0.3 is 23.8 Å². The molecule has 0 bridgehead atoms. The van der Waals surface area contributed by atoms with Crippen LogP contribution in [0.25, 0.3) is 5.57 Å². The lowest BCUT2D eigenvalue weighted by Gasteiger charge is -2.30. The van der Waals surface area contributed by atoms with Gasteiger partial charge in [-0.15, -0.1) is 0 Å². The van der Waals surface area contributed by atoms with Crippen molar-refractivity contribution in [3.05, 3.63) is 53.1 Å². The van der Waals surface area contributed by atoms with Crippen LogP contribution in [0, 0.1) is 0 Å². The Bertz CT molecular complexity index is 918. The number of methoxy groups -OCH3 is 3. The van der Waals surface area contributed by atoms with Crippen LogP contribution in [0.1, 0.15) is 18.9 Å². The molecule has 2 aromatic rings. The van der Waals surface area contributed by atoms with E-state index in [0.29, 0.717) is 47.5 Å². The minimum Gasteiger partial charge on any atom is -0.496 e. The van der Waals surface area contributed by atoms with Crippen molar-refractivity contribution in [2.75, 3.05) is 34.4 Å². The molecule has 1 unspecified atom stereocenters. The monoisotopic (exact) mass is 431 g/mol. The Morgan fingerprint density at radius 3 is 2.27 bits per heavy atom. The fourth-order valence-corrected chi connectivity index (χ4v) is 3.65.